The van der Waals surface area contributed by atoms with Gasteiger partial charge in [0, 0.05) is 24.4 Å². The number of rotatable bonds is 7. The molecular formula is C17H23FN4O3. The van der Waals surface area contributed by atoms with E-state index in [1.165, 1.54) is 12.1 Å². The van der Waals surface area contributed by atoms with Crippen molar-refractivity contribution in [2.75, 3.05) is 18.4 Å². The van der Waals surface area contributed by atoms with Gasteiger partial charge in [0.15, 0.2) is 0 Å². The zero-order valence-corrected chi connectivity index (χ0v) is 13.9. The minimum absolute atomic E-state index is 0.0126. The van der Waals surface area contributed by atoms with Crippen LogP contribution in [0, 0.1) is 17.7 Å². The van der Waals surface area contributed by atoms with E-state index in [9.17, 15) is 18.8 Å². The summed E-state index contributed by atoms with van der Waals surface area (Å²) < 4.78 is 14.0. The molecule has 8 heteroatoms. The lowest BCUT2D eigenvalue weighted by Crippen LogP contribution is -2.30. The number of carbonyl (C=O) groups is 3. The molecule has 0 unspecified atom stereocenters. The second-order valence-corrected chi connectivity index (χ2v) is 6.19. The van der Waals surface area contributed by atoms with Crippen LogP contribution in [0.5, 0.6) is 0 Å². The molecule has 1 aromatic carbocycles. The molecule has 0 spiro atoms. The van der Waals surface area contributed by atoms with Gasteiger partial charge in [-0.05, 0) is 43.5 Å². The lowest BCUT2D eigenvalue weighted by atomic mass is 9.95. The SMILES string of the molecule is NC[C@H]1CCC[C@H]1C(=O)Nc1cc(C(=O)NCCC(N)=O)ccc1F. The molecule has 0 aromatic heterocycles. The van der Waals surface area contributed by atoms with E-state index in [2.05, 4.69) is 10.6 Å². The number of carbonyl (C=O) groups excluding carboxylic acids is 3. The first-order chi connectivity index (χ1) is 11.9. The Kier molecular flexibility index (Phi) is 6.46. The molecule has 136 valence electrons. The maximum absolute atomic E-state index is 14.0. The van der Waals surface area contributed by atoms with Crippen molar-refractivity contribution in [1.29, 1.82) is 0 Å². The molecule has 0 heterocycles. The third-order valence-corrected chi connectivity index (χ3v) is 4.44. The zero-order valence-electron chi connectivity index (χ0n) is 13.9. The van der Waals surface area contributed by atoms with Gasteiger partial charge in [-0.25, -0.2) is 4.39 Å². The molecule has 2 atom stereocenters. The summed E-state index contributed by atoms with van der Waals surface area (Å²) in [5.41, 5.74) is 10.8. The van der Waals surface area contributed by atoms with Gasteiger partial charge in [0.2, 0.25) is 11.8 Å². The van der Waals surface area contributed by atoms with Crippen LogP contribution in [0.25, 0.3) is 0 Å². The predicted octanol–water partition coefficient (Wildman–Crippen LogP) is 0.744. The third-order valence-electron chi connectivity index (χ3n) is 4.44. The molecule has 1 aromatic rings. The lowest BCUT2D eigenvalue weighted by molar-refractivity contribution is -0.121. The molecule has 0 radical (unpaired) electrons. The largest absolute Gasteiger partial charge is 0.370 e. The Labute approximate surface area is 145 Å². The number of anilines is 1. The van der Waals surface area contributed by atoms with Gasteiger partial charge >= 0.3 is 0 Å². The molecular weight excluding hydrogens is 327 g/mol. The number of primary amides is 1. The lowest BCUT2D eigenvalue weighted by Gasteiger charge is -2.18. The minimum Gasteiger partial charge on any atom is -0.370 e. The van der Waals surface area contributed by atoms with E-state index >= 15 is 0 Å². The fourth-order valence-electron chi connectivity index (χ4n) is 3.05. The maximum Gasteiger partial charge on any atom is 0.251 e. The van der Waals surface area contributed by atoms with Crippen LogP contribution in [0.15, 0.2) is 18.2 Å². The average molecular weight is 350 g/mol. The molecule has 0 bridgehead atoms. The number of nitrogens with two attached hydrogens (primary N) is 2. The maximum atomic E-state index is 14.0. The van der Waals surface area contributed by atoms with E-state index in [1.807, 2.05) is 0 Å². The van der Waals surface area contributed by atoms with Gasteiger partial charge in [-0.3, -0.25) is 14.4 Å². The molecule has 25 heavy (non-hydrogen) atoms. The Hall–Kier alpha value is -2.48. The monoisotopic (exact) mass is 350 g/mol. The standard InChI is InChI=1S/C17H23FN4O3/c18-13-5-4-10(16(24)21-7-6-15(20)23)8-14(13)22-17(25)12-3-1-2-11(12)9-19/h4-5,8,11-12H,1-3,6-7,9,19H2,(H2,20,23)(H,21,24)(H,22,25)/t11-,12-/m1/s1. The van der Waals surface area contributed by atoms with E-state index in [0.717, 1.165) is 25.3 Å². The second-order valence-electron chi connectivity index (χ2n) is 6.19. The Balaban J connectivity index is 2.04. The Morgan fingerprint density at radius 2 is 2.00 bits per heavy atom. The van der Waals surface area contributed by atoms with Crippen molar-refractivity contribution in [3.63, 3.8) is 0 Å². The van der Waals surface area contributed by atoms with Crippen LogP contribution >= 0.6 is 0 Å². The van der Waals surface area contributed by atoms with Crippen LogP contribution in [0.1, 0.15) is 36.0 Å². The fourth-order valence-corrected chi connectivity index (χ4v) is 3.05. The summed E-state index contributed by atoms with van der Waals surface area (Å²) in [6, 6.07) is 3.70. The molecule has 1 aliphatic carbocycles. The van der Waals surface area contributed by atoms with Gasteiger partial charge in [0.05, 0.1) is 5.69 Å². The van der Waals surface area contributed by atoms with Gasteiger partial charge in [-0.15, -0.1) is 0 Å². The Bertz CT molecular complexity index is 665. The molecule has 6 N–H and O–H groups in total. The van der Waals surface area contributed by atoms with Crippen LogP contribution in [0.4, 0.5) is 10.1 Å². The highest BCUT2D eigenvalue weighted by molar-refractivity contribution is 5.98. The van der Waals surface area contributed by atoms with Crippen LogP contribution in [0.3, 0.4) is 0 Å². The number of benzene rings is 1. The van der Waals surface area contributed by atoms with Crippen LogP contribution < -0.4 is 22.1 Å². The van der Waals surface area contributed by atoms with E-state index in [4.69, 9.17) is 11.5 Å². The van der Waals surface area contributed by atoms with Crippen molar-refractivity contribution in [3.05, 3.63) is 29.6 Å². The first-order valence-corrected chi connectivity index (χ1v) is 8.29. The van der Waals surface area contributed by atoms with Gasteiger partial charge in [0.1, 0.15) is 5.82 Å². The van der Waals surface area contributed by atoms with E-state index < -0.39 is 17.6 Å². The van der Waals surface area contributed by atoms with E-state index in [0.29, 0.717) is 6.54 Å². The number of nitrogens with one attached hydrogen (secondary N) is 2. The van der Waals surface area contributed by atoms with Crippen LogP contribution in [-0.2, 0) is 9.59 Å². The summed E-state index contributed by atoms with van der Waals surface area (Å²) in [5.74, 6) is -2.04. The summed E-state index contributed by atoms with van der Waals surface area (Å²) in [4.78, 5) is 35.1. The molecule has 0 saturated heterocycles. The summed E-state index contributed by atoms with van der Waals surface area (Å²) in [7, 11) is 0. The van der Waals surface area contributed by atoms with Crippen LogP contribution in [-0.4, -0.2) is 30.8 Å². The highest BCUT2D eigenvalue weighted by atomic mass is 19.1. The highest BCUT2D eigenvalue weighted by Gasteiger charge is 2.32. The van der Waals surface area contributed by atoms with E-state index in [-0.39, 0.29) is 42.0 Å². The fraction of sp³-hybridized carbons (Fsp3) is 0.471. The first kappa shape index (κ1) is 18.9. The quantitative estimate of drug-likeness (QED) is 0.578. The summed E-state index contributed by atoms with van der Waals surface area (Å²) in [6.07, 6.45) is 2.55. The van der Waals surface area contributed by atoms with Crippen LogP contribution in [0.2, 0.25) is 0 Å². The molecule has 1 saturated carbocycles. The van der Waals surface area contributed by atoms with Gasteiger partial charge < -0.3 is 22.1 Å². The van der Waals surface area contributed by atoms with Gasteiger partial charge in [-0.2, -0.15) is 0 Å². The number of halogens is 1. The highest BCUT2D eigenvalue weighted by Crippen LogP contribution is 2.32. The summed E-state index contributed by atoms with van der Waals surface area (Å²) in [6.45, 7) is 0.510. The molecule has 1 fully saturated rings. The zero-order chi connectivity index (χ0) is 18.4. The van der Waals surface area contributed by atoms with Crippen molar-refractivity contribution < 1.29 is 18.8 Å². The minimum atomic E-state index is -0.621. The summed E-state index contributed by atoms with van der Waals surface area (Å²) in [5, 5.41) is 5.07. The number of hydrogen-bond acceptors (Lipinski definition) is 4. The van der Waals surface area contributed by atoms with Gasteiger partial charge in [-0.1, -0.05) is 6.42 Å². The Morgan fingerprint density at radius 1 is 1.24 bits per heavy atom. The van der Waals surface area contributed by atoms with Crippen molar-refractivity contribution in [2.24, 2.45) is 23.3 Å². The van der Waals surface area contributed by atoms with Crippen molar-refractivity contribution in [1.82, 2.24) is 5.32 Å². The second kappa shape index (κ2) is 8.57. The molecule has 2 rings (SSSR count). The molecule has 7 nitrogen and oxygen atoms in total. The Morgan fingerprint density at radius 3 is 2.68 bits per heavy atom. The van der Waals surface area contributed by atoms with E-state index in [1.54, 1.807) is 0 Å². The summed E-state index contributed by atoms with van der Waals surface area (Å²) >= 11 is 0. The number of amides is 3. The topological polar surface area (TPSA) is 127 Å². The smallest absolute Gasteiger partial charge is 0.251 e. The van der Waals surface area contributed by atoms with Crippen molar-refractivity contribution in [2.45, 2.75) is 25.7 Å². The first-order valence-electron chi connectivity index (χ1n) is 8.29. The molecule has 3 amide bonds. The molecule has 0 aliphatic heterocycles. The average Bonchev–Trinajstić information content (AvgIpc) is 3.05. The predicted molar refractivity (Wildman–Crippen MR) is 91.1 cm³/mol. The van der Waals surface area contributed by atoms with Crippen molar-refractivity contribution >= 4 is 23.4 Å². The van der Waals surface area contributed by atoms with Gasteiger partial charge in [0.25, 0.3) is 5.91 Å². The molecule has 1 aliphatic rings. The van der Waals surface area contributed by atoms with Crippen molar-refractivity contribution in [3.8, 4) is 0 Å². The number of hydrogen-bond donors (Lipinski definition) is 4. The third kappa shape index (κ3) is 4.99. The normalized spacial score (nSPS) is 19.4.